The number of nitrogens with zero attached hydrogens (tertiary/aromatic N) is 1. The molecule has 0 amide bonds. The average Bonchev–Trinajstić information content (AvgIpc) is 2.73. The van der Waals surface area contributed by atoms with Crippen molar-refractivity contribution in [3.05, 3.63) is 65.1 Å². The number of thioether (sulfide) groups is 1. The van der Waals surface area contributed by atoms with Crippen molar-refractivity contribution in [2.75, 3.05) is 20.8 Å². The summed E-state index contributed by atoms with van der Waals surface area (Å²) in [5, 5.41) is 0. The molecule has 2 aromatic carbocycles. The summed E-state index contributed by atoms with van der Waals surface area (Å²) >= 11 is 1.91. The Bertz CT molecular complexity index is 805. The molecule has 0 radical (unpaired) electrons. The monoisotopic (exact) mass is 381 g/mol. The van der Waals surface area contributed by atoms with Gasteiger partial charge in [-0.05, 0) is 60.5 Å². The Morgan fingerprint density at radius 1 is 0.963 bits per heavy atom. The van der Waals surface area contributed by atoms with E-state index in [2.05, 4.69) is 53.4 Å². The molecule has 1 saturated heterocycles. The van der Waals surface area contributed by atoms with Crippen LogP contribution in [0.3, 0.4) is 0 Å². The Hall–Kier alpha value is -1.91. The molecule has 0 bridgehead atoms. The molecule has 2 heterocycles. The van der Waals surface area contributed by atoms with Gasteiger partial charge in [-0.2, -0.15) is 0 Å². The zero-order chi connectivity index (χ0) is 18.6. The normalized spacial score (nSPS) is 22.7. The van der Waals surface area contributed by atoms with E-state index in [1.165, 1.54) is 41.2 Å². The van der Waals surface area contributed by atoms with E-state index < -0.39 is 0 Å². The second kappa shape index (κ2) is 8.41. The molecule has 0 unspecified atom stereocenters. The molecule has 4 rings (SSSR count). The minimum atomic E-state index is 0.301. The Morgan fingerprint density at radius 3 is 2.56 bits per heavy atom. The van der Waals surface area contributed by atoms with Crippen LogP contribution in [0, 0.1) is 0 Å². The van der Waals surface area contributed by atoms with Crippen molar-refractivity contribution in [1.29, 1.82) is 0 Å². The summed E-state index contributed by atoms with van der Waals surface area (Å²) in [6.07, 6.45) is 7.53. The molecule has 142 valence electrons. The van der Waals surface area contributed by atoms with Gasteiger partial charge in [0, 0.05) is 10.9 Å². The summed E-state index contributed by atoms with van der Waals surface area (Å²) < 4.78 is 11.0. The first-order valence-electron chi connectivity index (χ1n) is 9.70. The second-order valence-corrected chi connectivity index (χ2v) is 8.40. The molecular weight excluding hydrogens is 354 g/mol. The Labute approximate surface area is 166 Å². The van der Waals surface area contributed by atoms with Gasteiger partial charge in [0.1, 0.15) is 0 Å². The van der Waals surface area contributed by atoms with Gasteiger partial charge in [0.2, 0.25) is 0 Å². The Morgan fingerprint density at radius 2 is 1.78 bits per heavy atom. The number of methoxy groups -OCH3 is 2. The maximum atomic E-state index is 5.56. The summed E-state index contributed by atoms with van der Waals surface area (Å²) in [6.45, 7) is 1.17. The third kappa shape index (κ3) is 4.02. The lowest BCUT2D eigenvalue weighted by Gasteiger charge is -2.44. The molecule has 3 nitrogen and oxygen atoms in total. The van der Waals surface area contributed by atoms with Gasteiger partial charge < -0.3 is 9.47 Å². The van der Waals surface area contributed by atoms with E-state index in [0.717, 1.165) is 17.9 Å². The van der Waals surface area contributed by atoms with E-state index in [-0.39, 0.29) is 0 Å². The molecule has 0 spiro atoms. The van der Waals surface area contributed by atoms with Crippen molar-refractivity contribution < 1.29 is 9.47 Å². The van der Waals surface area contributed by atoms with E-state index in [0.29, 0.717) is 12.1 Å². The zero-order valence-electron chi connectivity index (χ0n) is 16.1. The van der Waals surface area contributed by atoms with Crippen LogP contribution in [-0.4, -0.2) is 31.7 Å². The number of ether oxygens (including phenoxy) is 2. The minimum Gasteiger partial charge on any atom is -0.493 e. The van der Waals surface area contributed by atoms with Crippen LogP contribution in [0.2, 0.25) is 0 Å². The topological polar surface area (TPSA) is 21.7 Å². The number of piperidine rings is 1. The van der Waals surface area contributed by atoms with Crippen LogP contribution in [0.4, 0.5) is 0 Å². The highest BCUT2D eigenvalue weighted by atomic mass is 32.2. The van der Waals surface area contributed by atoms with E-state index in [9.17, 15) is 0 Å². The van der Waals surface area contributed by atoms with Gasteiger partial charge in [-0.3, -0.25) is 4.90 Å². The fraction of sp³-hybridized carbons (Fsp3) is 0.391. The van der Waals surface area contributed by atoms with Gasteiger partial charge in [0.05, 0.1) is 20.3 Å². The molecule has 27 heavy (non-hydrogen) atoms. The van der Waals surface area contributed by atoms with Gasteiger partial charge in [0.15, 0.2) is 11.5 Å². The maximum Gasteiger partial charge on any atom is 0.161 e. The Balaban J connectivity index is 1.67. The van der Waals surface area contributed by atoms with Crippen LogP contribution in [0.15, 0.2) is 64.4 Å². The second-order valence-electron chi connectivity index (χ2n) is 7.20. The number of fused-ring (bicyclic) bond motifs is 1. The standard InChI is InChI=1S/C23H27NO2S/c1-25-22-12-11-17(14-23(22)26-2)21-16-20(27-19-9-4-3-5-10-19)15-18-8-6-7-13-24(18)21/h3-5,9-12,14,16,18,21H,6-8,13,15H2,1-2H3/t18-,21-/m0/s1. The quantitative estimate of drug-likeness (QED) is 0.664. The Kier molecular flexibility index (Phi) is 5.74. The van der Waals surface area contributed by atoms with Crippen LogP contribution < -0.4 is 9.47 Å². The summed E-state index contributed by atoms with van der Waals surface area (Å²) in [5.41, 5.74) is 1.28. The van der Waals surface area contributed by atoms with Crippen molar-refractivity contribution in [2.24, 2.45) is 0 Å². The molecule has 0 N–H and O–H groups in total. The predicted molar refractivity (Wildman–Crippen MR) is 112 cm³/mol. The van der Waals surface area contributed by atoms with Crippen molar-refractivity contribution in [1.82, 2.24) is 4.90 Å². The lowest BCUT2D eigenvalue weighted by Crippen LogP contribution is -2.43. The largest absolute Gasteiger partial charge is 0.493 e. The average molecular weight is 382 g/mol. The van der Waals surface area contributed by atoms with Crippen molar-refractivity contribution >= 4 is 11.8 Å². The van der Waals surface area contributed by atoms with Gasteiger partial charge >= 0.3 is 0 Å². The predicted octanol–water partition coefficient (Wildman–Crippen LogP) is 5.68. The molecule has 2 aliphatic heterocycles. The van der Waals surface area contributed by atoms with Crippen LogP contribution in [-0.2, 0) is 0 Å². The third-order valence-corrected chi connectivity index (χ3v) is 6.62. The number of rotatable bonds is 5. The molecular formula is C23H27NO2S. The molecule has 1 fully saturated rings. The van der Waals surface area contributed by atoms with E-state index in [1.807, 2.05) is 17.8 Å². The van der Waals surface area contributed by atoms with Gasteiger partial charge in [-0.25, -0.2) is 0 Å². The van der Waals surface area contributed by atoms with E-state index >= 15 is 0 Å². The lowest BCUT2D eigenvalue weighted by atomic mass is 9.90. The highest BCUT2D eigenvalue weighted by Gasteiger charge is 2.33. The smallest absolute Gasteiger partial charge is 0.161 e. The van der Waals surface area contributed by atoms with Crippen molar-refractivity contribution in [2.45, 2.75) is 42.7 Å². The zero-order valence-corrected chi connectivity index (χ0v) is 16.9. The third-order valence-electron chi connectivity index (χ3n) is 5.55. The van der Waals surface area contributed by atoms with E-state index in [4.69, 9.17) is 9.47 Å². The molecule has 0 saturated carbocycles. The first-order chi connectivity index (χ1) is 13.3. The van der Waals surface area contributed by atoms with Gasteiger partial charge in [0.25, 0.3) is 0 Å². The number of hydrogen-bond donors (Lipinski definition) is 0. The summed E-state index contributed by atoms with van der Waals surface area (Å²) in [7, 11) is 3.39. The summed E-state index contributed by atoms with van der Waals surface area (Å²) in [4.78, 5) is 5.47. The lowest BCUT2D eigenvalue weighted by molar-refractivity contribution is 0.108. The summed E-state index contributed by atoms with van der Waals surface area (Å²) in [5.74, 6) is 1.59. The first kappa shape index (κ1) is 18.5. The number of benzene rings is 2. The summed E-state index contributed by atoms with van der Waals surface area (Å²) in [6, 6.07) is 18.0. The van der Waals surface area contributed by atoms with Gasteiger partial charge in [-0.15, -0.1) is 0 Å². The molecule has 0 aliphatic carbocycles. The minimum absolute atomic E-state index is 0.301. The van der Waals surface area contributed by atoms with Crippen LogP contribution in [0.1, 0.15) is 37.3 Å². The number of hydrogen-bond acceptors (Lipinski definition) is 4. The highest BCUT2D eigenvalue weighted by Crippen LogP contribution is 2.44. The molecule has 0 aromatic heterocycles. The molecule has 4 heteroatoms. The first-order valence-corrected chi connectivity index (χ1v) is 10.5. The highest BCUT2D eigenvalue weighted by molar-refractivity contribution is 8.03. The van der Waals surface area contributed by atoms with E-state index in [1.54, 1.807) is 14.2 Å². The van der Waals surface area contributed by atoms with Gasteiger partial charge in [-0.1, -0.05) is 48.5 Å². The fourth-order valence-corrected chi connectivity index (χ4v) is 5.29. The maximum absolute atomic E-state index is 5.56. The molecule has 2 aromatic rings. The van der Waals surface area contributed by atoms with Crippen molar-refractivity contribution in [3.63, 3.8) is 0 Å². The van der Waals surface area contributed by atoms with Crippen LogP contribution in [0.25, 0.3) is 0 Å². The van der Waals surface area contributed by atoms with Crippen LogP contribution >= 0.6 is 11.8 Å². The SMILES string of the molecule is COc1ccc([C@@H]2C=C(Sc3ccccc3)C[C@@H]3CCCCN32)cc1OC. The molecule has 2 aliphatic rings. The van der Waals surface area contributed by atoms with Crippen molar-refractivity contribution in [3.8, 4) is 11.5 Å². The van der Waals surface area contributed by atoms with Crippen LogP contribution in [0.5, 0.6) is 11.5 Å². The fourth-order valence-electron chi connectivity index (χ4n) is 4.22. The molecule has 2 atom stereocenters.